The summed E-state index contributed by atoms with van der Waals surface area (Å²) in [5.41, 5.74) is 9.51. The van der Waals surface area contributed by atoms with Crippen LogP contribution in [0.25, 0.3) is 15.7 Å². The third-order valence-corrected chi connectivity index (χ3v) is 5.14. The van der Waals surface area contributed by atoms with Gasteiger partial charge in [-0.3, -0.25) is 0 Å². The first-order chi connectivity index (χ1) is 10.2. The number of fused-ring (bicyclic) bond motifs is 2. The maximum atomic E-state index is 5.81. The monoisotopic (exact) mass is 313 g/mol. The molecule has 3 aromatic heterocycles. The van der Waals surface area contributed by atoms with E-state index in [2.05, 4.69) is 15.1 Å². The summed E-state index contributed by atoms with van der Waals surface area (Å²) in [6.45, 7) is 1.97. The van der Waals surface area contributed by atoms with Gasteiger partial charge >= 0.3 is 0 Å². The third-order valence-electron chi connectivity index (χ3n) is 3.05. The molecule has 5 nitrogen and oxygen atoms in total. The van der Waals surface area contributed by atoms with E-state index >= 15 is 0 Å². The lowest BCUT2D eigenvalue weighted by molar-refractivity contribution is 0.899. The molecule has 0 spiro atoms. The highest BCUT2D eigenvalue weighted by Gasteiger charge is 2.11. The smallest absolute Gasteiger partial charge is 0.157 e. The number of hydrogen-bond donors (Lipinski definition) is 1. The molecule has 0 radical (unpaired) electrons. The molecule has 0 saturated heterocycles. The van der Waals surface area contributed by atoms with Crippen LogP contribution in [0, 0.1) is 6.92 Å². The SMILES string of the molecule is Cc1cc2c(Sc3nc4ccc(N)cc4s3)nccn2n1. The Balaban J connectivity index is 1.78. The van der Waals surface area contributed by atoms with Gasteiger partial charge in [-0.1, -0.05) is 0 Å². The second-order valence-electron chi connectivity index (χ2n) is 4.66. The number of benzene rings is 1. The highest BCUT2D eigenvalue weighted by atomic mass is 32.2. The van der Waals surface area contributed by atoms with Gasteiger partial charge in [0.25, 0.3) is 0 Å². The molecule has 4 aromatic rings. The van der Waals surface area contributed by atoms with Crippen LogP contribution in [0.4, 0.5) is 5.69 Å². The van der Waals surface area contributed by atoms with Crippen molar-refractivity contribution >= 4 is 44.5 Å². The number of nitrogens with two attached hydrogens (primary N) is 1. The van der Waals surface area contributed by atoms with E-state index in [9.17, 15) is 0 Å². The van der Waals surface area contributed by atoms with Crippen molar-refractivity contribution in [2.75, 3.05) is 5.73 Å². The van der Waals surface area contributed by atoms with Crippen molar-refractivity contribution in [1.29, 1.82) is 0 Å². The molecule has 0 amide bonds. The normalized spacial score (nSPS) is 11.5. The number of aryl methyl sites for hydroxylation is 1. The summed E-state index contributed by atoms with van der Waals surface area (Å²) in [4.78, 5) is 9.07. The van der Waals surface area contributed by atoms with Crippen LogP contribution >= 0.6 is 23.1 Å². The highest BCUT2D eigenvalue weighted by molar-refractivity contribution is 8.01. The van der Waals surface area contributed by atoms with Crippen molar-refractivity contribution in [3.8, 4) is 0 Å². The van der Waals surface area contributed by atoms with Crippen molar-refractivity contribution in [2.24, 2.45) is 0 Å². The zero-order valence-electron chi connectivity index (χ0n) is 11.1. The molecule has 0 aliphatic heterocycles. The fraction of sp³-hybridized carbons (Fsp3) is 0.0714. The molecule has 0 bridgehead atoms. The zero-order valence-corrected chi connectivity index (χ0v) is 12.8. The standard InChI is InChI=1S/C14H11N5S2/c1-8-6-11-13(16-4-5-19(11)18-8)21-14-17-10-3-2-9(15)7-12(10)20-14/h2-7H,15H2,1H3. The van der Waals surface area contributed by atoms with Crippen molar-refractivity contribution in [2.45, 2.75) is 16.3 Å². The predicted molar refractivity (Wildman–Crippen MR) is 85.9 cm³/mol. The summed E-state index contributed by atoms with van der Waals surface area (Å²) in [6, 6.07) is 7.80. The number of thiazole rings is 1. The van der Waals surface area contributed by atoms with Gasteiger partial charge in [0.2, 0.25) is 0 Å². The maximum absolute atomic E-state index is 5.81. The largest absolute Gasteiger partial charge is 0.399 e. The third kappa shape index (κ3) is 2.24. The van der Waals surface area contributed by atoms with Crippen LogP contribution < -0.4 is 5.73 Å². The van der Waals surface area contributed by atoms with E-state index < -0.39 is 0 Å². The highest BCUT2D eigenvalue weighted by Crippen LogP contribution is 2.35. The van der Waals surface area contributed by atoms with Gasteiger partial charge in [0.1, 0.15) is 5.03 Å². The molecule has 0 aliphatic carbocycles. The van der Waals surface area contributed by atoms with E-state index in [4.69, 9.17) is 5.73 Å². The van der Waals surface area contributed by atoms with Crippen LogP contribution in [0.5, 0.6) is 0 Å². The van der Waals surface area contributed by atoms with Gasteiger partial charge in [0, 0.05) is 18.1 Å². The zero-order chi connectivity index (χ0) is 14.4. The number of anilines is 1. The summed E-state index contributed by atoms with van der Waals surface area (Å²) in [7, 11) is 0. The minimum atomic E-state index is 0.759. The van der Waals surface area contributed by atoms with E-state index in [1.807, 2.05) is 41.9 Å². The lowest BCUT2D eigenvalue weighted by Crippen LogP contribution is -1.90. The quantitative estimate of drug-likeness (QED) is 0.575. The van der Waals surface area contributed by atoms with E-state index in [1.165, 1.54) is 0 Å². The van der Waals surface area contributed by atoms with Crippen molar-refractivity contribution in [3.05, 3.63) is 42.4 Å². The minimum absolute atomic E-state index is 0.759. The second-order valence-corrected chi connectivity index (χ2v) is 6.92. The Morgan fingerprint density at radius 1 is 1.29 bits per heavy atom. The van der Waals surface area contributed by atoms with Gasteiger partial charge in [-0.2, -0.15) is 5.10 Å². The van der Waals surface area contributed by atoms with Crippen molar-refractivity contribution < 1.29 is 0 Å². The van der Waals surface area contributed by atoms with Crippen LogP contribution in [0.15, 0.2) is 46.0 Å². The average molecular weight is 313 g/mol. The Hall–Kier alpha value is -2.12. The Labute approximate surface area is 128 Å². The van der Waals surface area contributed by atoms with E-state index in [1.54, 1.807) is 29.3 Å². The molecule has 21 heavy (non-hydrogen) atoms. The second kappa shape index (κ2) is 4.71. The number of nitrogen functional groups attached to an aromatic ring is 1. The van der Waals surface area contributed by atoms with E-state index in [-0.39, 0.29) is 0 Å². The molecule has 7 heteroatoms. The van der Waals surface area contributed by atoms with Crippen LogP contribution in [0.3, 0.4) is 0 Å². The van der Waals surface area contributed by atoms with Crippen LogP contribution in [0.2, 0.25) is 0 Å². The summed E-state index contributed by atoms with van der Waals surface area (Å²) >= 11 is 3.18. The van der Waals surface area contributed by atoms with Crippen LogP contribution in [-0.4, -0.2) is 19.6 Å². The number of nitrogens with zero attached hydrogens (tertiary/aromatic N) is 4. The first-order valence-corrected chi connectivity index (χ1v) is 7.97. The molecule has 104 valence electrons. The van der Waals surface area contributed by atoms with Gasteiger partial charge in [-0.25, -0.2) is 14.5 Å². The van der Waals surface area contributed by atoms with Crippen LogP contribution in [-0.2, 0) is 0 Å². The Kier molecular flexibility index (Phi) is 2.83. The molecule has 4 rings (SSSR count). The Bertz CT molecular complexity index is 956. The minimum Gasteiger partial charge on any atom is -0.399 e. The Morgan fingerprint density at radius 3 is 3.10 bits per heavy atom. The topological polar surface area (TPSA) is 69.1 Å². The molecular formula is C14H11N5S2. The van der Waals surface area contributed by atoms with Gasteiger partial charge in [0.05, 0.1) is 21.4 Å². The molecule has 0 atom stereocenters. The summed E-state index contributed by atoms with van der Waals surface area (Å²) in [6.07, 6.45) is 3.61. The molecule has 0 fully saturated rings. The van der Waals surface area contributed by atoms with Gasteiger partial charge in [-0.05, 0) is 43.0 Å². The lowest BCUT2D eigenvalue weighted by Gasteiger charge is -1.98. The lowest BCUT2D eigenvalue weighted by atomic mass is 10.3. The van der Waals surface area contributed by atoms with E-state index in [0.717, 1.165) is 36.5 Å². The van der Waals surface area contributed by atoms with Crippen molar-refractivity contribution in [3.63, 3.8) is 0 Å². The molecule has 0 aliphatic rings. The molecule has 0 saturated carbocycles. The fourth-order valence-electron chi connectivity index (χ4n) is 2.15. The Morgan fingerprint density at radius 2 is 2.19 bits per heavy atom. The fourth-order valence-corrected chi connectivity index (χ4v) is 4.24. The number of hydrogen-bond acceptors (Lipinski definition) is 6. The molecule has 0 unspecified atom stereocenters. The molecular weight excluding hydrogens is 302 g/mol. The van der Waals surface area contributed by atoms with Gasteiger partial charge in [-0.15, -0.1) is 11.3 Å². The van der Waals surface area contributed by atoms with Gasteiger partial charge < -0.3 is 5.73 Å². The van der Waals surface area contributed by atoms with Gasteiger partial charge in [0.15, 0.2) is 4.34 Å². The summed E-state index contributed by atoms with van der Waals surface area (Å²) in [5.74, 6) is 0. The first kappa shape index (κ1) is 12.6. The predicted octanol–water partition coefficient (Wildman–Crippen LogP) is 3.38. The van der Waals surface area contributed by atoms with E-state index in [0.29, 0.717) is 0 Å². The molecule has 1 aromatic carbocycles. The summed E-state index contributed by atoms with van der Waals surface area (Å²) in [5, 5.41) is 5.31. The molecule has 3 heterocycles. The molecule has 2 N–H and O–H groups in total. The van der Waals surface area contributed by atoms with Crippen LogP contribution in [0.1, 0.15) is 5.69 Å². The average Bonchev–Trinajstić information content (AvgIpc) is 3.01. The first-order valence-electron chi connectivity index (χ1n) is 6.34. The maximum Gasteiger partial charge on any atom is 0.157 e. The van der Waals surface area contributed by atoms with Crippen molar-refractivity contribution in [1.82, 2.24) is 19.6 Å². The summed E-state index contributed by atoms with van der Waals surface area (Å²) < 4.78 is 3.89. The number of aromatic nitrogens is 4. The number of rotatable bonds is 2.